The quantitative estimate of drug-likeness (QED) is 0.528. The summed E-state index contributed by atoms with van der Waals surface area (Å²) < 4.78 is 5.13. The fourth-order valence-corrected chi connectivity index (χ4v) is 2.04. The minimum Gasteiger partial charge on any atom is -0.480 e. The average molecular weight is 243 g/mol. The highest BCUT2D eigenvalue weighted by molar-refractivity contribution is 7.98. The molecule has 1 rings (SSSR count). The van der Waals surface area contributed by atoms with E-state index >= 15 is 0 Å². The topological polar surface area (TPSA) is 79.5 Å². The summed E-state index contributed by atoms with van der Waals surface area (Å²) in [5, 5.41) is 11.0. The Labute approximate surface area is 97.2 Å². The van der Waals surface area contributed by atoms with Crippen molar-refractivity contribution in [1.82, 2.24) is 5.32 Å². The molecule has 0 spiro atoms. The molecule has 88 valence electrons. The second-order valence-electron chi connectivity index (χ2n) is 3.10. The van der Waals surface area contributed by atoms with Gasteiger partial charge in [0.2, 0.25) is 6.41 Å². The van der Waals surface area contributed by atoms with Crippen LogP contribution in [0.5, 0.6) is 0 Å². The first-order valence-corrected chi connectivity index (χ1v) is 5.92. The third-order valence-electron chi connectivity index (χ3n) is 1.94. The average Bonchev–Trinajstić information content (AvgIpc) is 2.75. The van der Waals surface area contributed by atoms with Crippen LogP contribution in [0.4, 0.5) is 0 Å². The monoisotopic (exact) mass is 243 g/mol. The molecule has 6 heteroatoms. The molecule has 0 fully saturated rings. The lowest BCUT2D eigenvalue weighted by Gasteiger charge is -2.09. The lowest BCUT2D eigenvalue weighted by Crippen LogP contribution is -2.36. The van der Waals surface area contributed by atoms with E-state index in [1.54, 1.807) is 18.0 Å². The Hall–Kier alpha value is -1.43. The first-order chi connectivity index (χ1) is 7.74. The van der Waals surface area contributed by atoms with Crippen LogP contribution in [0.1, 0.15) is 12.2 Å². The largest absolute Gasteiger partial charge is 0.480 e. The van der Waals surface area contributed by atoms with Gasteiger partial charge in [-0.1, -0.05) is 0 Å². The van der Waals surface area contributed by atoms with Gasteiger partial charge in [-0.25, -0.2) is 4.79 Å². The van der Waals surface area contributed by atoms with Crippen LogP contribution in [0.2, 0.25) is 0 Å². The third kappa shape index (κ3) is 4.39. The van der Waals surface area contributed by atoms with Crippen molar-refractivity contribution < 1.29 is 19.1 Å². The van der Waals surface area contributed by atoms with Crippen LogP contribution in [0.3, 0.4) is 0 Å². The van der Waals surface area contributed by atoms with Gasteiger partial charge in [0.1, 0.15) is 11.8 Å². The summed E-state index contributed by atoms with van der Waals surface area (Å²) in [5.41, 5.74) is 0. The smallest absolute Gasteiger partial charge is 0.326 e. The second-order valence-corrected chi connectivity index (χ2v) is 4.20. The van der Waals surface area contributed by atoms with Crippen LogP contribution in [0.15, 0.2) is 22.8 Å². The number of carboxylic acid groups (broad SMARTS) is 1. The second kappa shape index (κ2) is 6.95. The third-order valence-corrected chi connectivity index (χ3v) is 2.96. The van der Waals surface area contributed by atoms with Crippen molar-refractivity contribution in [2.75, 3.05) is 5.75 Å². The van der Waals surface area contributed by atoms with Crippen LogP contribution in [-0.2, 0) is 15.3 Å². The fraction of sp³-hybridized carbons (Fsp3) is 0.400. The van der Waals surface area contributed by atoms with E-state index in [9.17, 15) is 9.59 Å². The molecule has 0 saturated heterocycles. The van der Waals surface area contributed by atoms with Gasteiger partial charge >= 0.3 is 5.97 Å². The Balaban J connectivity index is 2.18. The van der Waals surface area contributed by atoms with Gasteiger partial charge in [-0.3, -0.25) is 4.79 Å². The molecule has 16 heavy (non-hydrogen) atoms. The maximum Gasteiger partial charge on any atom is 0.326 e. The van der Waals surface area contributed by atoms with Crippen molar-refractivity contribution in [3.8, 4) is 0 Å². The molecule has 1 atom stereocenters. The summed E-state index contributed by atoms with van der Waals surface area (Å²) in [5.74, 6) is 1.21. The SMILES string of the molecule is O=CNC(CCSCc1ccco1)C(=O)O. The van der Waals surface area contributed by atoms with Crippen molar-refractivity contribution in [2.24, 2.45) is 0 Å². The Bertz CT molecular complexity index is 326. The number of amides is 1. The predicted octanol–water partition coefficient (Wildman–Crippen LogP) is 1.10. The lowest BCUT2D eigenvalue weighted by molar-refractivity contribution is -0.140. The Morgan fingerprint density at radius 1 is 1.69 bits per heavy atom. The fourth-order valence-electron chi connectivity index (χ4n) is 1.13. The molecule has 1 amide bonds. The van der Waals surface area contributed by atoms with Crippen molar-refractivity contribution in [1.29, 1.82) is 0 Å². The highest BCUT2D eigenvalue weighted by Gasteiger charge is 2.15. The number of aliphatic carboxylic acids is 1. The van der Waals surface area contributed by atoms with Crippen LogP contribution in [0, 0.1) is 0 Å². The Kier molecular flexibility index (Phi) is 5.49. The molecule has 0 aliphatic carbocycles. The van der Waals surface area contributed by atoms with E-state index in [-0.39, 0.29) is 0 Å². The van der Waals surface area contributed by atoms with E-state index in [2.05, 4.69) is 5.32 Å². The van der Waals surface area contributed by atoms with Gasteiger partial charge in [-0.15, -0.1) is 0 Å². The molecule has 2 N–H and O–H groups in total. The number of hydrogen-bond donors (Lipinski definition) is 2. The lowest BCUT2D eigenvalue weighted by atomic mass is 10.2. The van der Waals surface area contributed by atoms with Gasteiger partial charge in [0.05, 0.1) is 12.0 Å². The standard InChI is InChI=1S/C10H13NO4S/c12-7-11-9(10(13)14)3-5-16-6-8-2-1-4-15-8/h1-2,4,7,9H,3,5-6H2,(H,11,12)(H,13,14). The summed E-state index contributed by atoms with van der Waals surface area (Å²) >= 11 is 1.57. The number of thioether (sulfide) groups is 1. The zero-order valence-corrected chi connectivity index (χ0v) is 9.40. The molecule has 1 unspecified atom stereocenters. The van der Waals surface area contributed by atoms with E-state index in [0.29, 0.717) is 24.3 Å². The number of nitrogens with one attached hydrogen (secondary N) is 1. The number of hydrogen-bond acceptors (Lipinski definition) is 4. The first kappa shape index (κ1) is 12.6. The van der Waals surface area contributed by atoms with Gasteiger partial charge in [-0.2, -0.15) is 11.8 Å². The normalized spacial score (nSPS) is 12.0. The summed E-state index contributed by atoms with van der Waals surface area (Å²) in [7, 11) is 0. The van der Waals surface area contributed by atoms with E-state index in [1.165, 1.54) is 0 Å². The molecule has 0 radical (unpaired) electrons. The molecule has 5 nitrogen and oxygen atoms in total. The van der Waals surface area contributed by atoms with Crippen molar-refractivity contribution >= 4 is 24.1 Å². The summed E-state index contributed by atoms with van der Waals surface area (Å²) in [4.78, 5) is 20.8. The molecule has 0 bridgehead atoms. The van der Waals surface area contributed by atoms with Gasteiger partial charge in [0, 0.05) is 0 Å². The summed E-state index contributed by atoms with van der Waals surface area (Å²) in [6.07, 6.45) is 2.42. The molecule has 0 saturated carbocycles. The number of rotatable bonds is 8. The molecule has 0 aliphatic rings. The van der Waals surface area contributed by atoms with E-state index in [4.69, 9.17) is 9.52 Å². The number of carbonyl (C=O) groups is 2. The van der Waals surface area contributed by atoms with Gasteiger partial charge in [0.15, 0.2) is 0 Å². The maximum atomic E-state index is 10.7. The molecular weight excluding hydrogens is 230 g/mol. The summed E-state index contributed by atoms with van der Waals surface area (Å²) in [6, 6.07) is 2.87. The molecule has 1 aromatic rings. The van der Waals surface area contributed by atoms with E-state index in [0.717, 1.165) is 5.76 Å². The zero-order chi connectivity index (χ0) is 11.8. The van der Waals surface area contributed by atoms with Crippen LogP contribution >= 0.6 is 11.8 Å². The number of carboxylic acids is 1. The molecular formula is C10H13NO4S. The predicted molar refractivity (Wildman–Crippen MR) is 60.1 cm³/mol. The molecule has 0 aliphatic heterocycles. The minimum absolute atomic E-state index is 0.402. The van der Waals surface area contributed by atoms with Gasteiger partial charge in [-0.05, 0) is 24.3 Å². The number of carbonyl (C=O) groups excluding carboxylic acids is 1. The molecule has 0 aromatic carbocycles. The first-order valence-electron chi connectivity index (χ1n) is 4.76. The minimum atomic E-state index is -1.01. The molecule has 1 heterocycles. The number of furan rings is 1. The highest BCUT2D eigenvalue weighted by atomic mass is 32.2. The van der Waals surface area contributed by atoms with Gasteiger partial charge < -0.3 is 14.8 Å². The van der Waals surface area contributed by atoms with Crippen LogP contribution < -0.4 is 5.32 Å². The summed E-state index contributed by atoms with van der Waals surface area (Å²) in [6.45, 7) is 0. The highest BCUT2D eigenvalue weighted by Crippen LogP contribution is 2.14. The Morgan fingerprint density at radius 2 is 2.50 bits per heavy atom. The van der Waals surface area contributed by atoms with E-state index < -0.39 is 12.0 Å². The Morgan fingerprint density at radius 3 is 3.06 bits per heavy atom. The van der Waals surface area contributed by atoms with Crippen molar-refractivity contribution in [3.05, 3.63) is 24.2 Å². The van der Waals surface area contributed by atoms with Crippen molar-refractivity contribution in [2.45, 2.75) is 18.2 Å². The zero-order valence-electron chi connectivity index (χ0n) is 8.59. The van der Waals surface area contributed by atoms with Gasteiger partial charge in [0.25, 0.3) is 0 Å². The van der Waals surface area contributed by atoms with Crippen LogP contribution in [-0.4, -0.2) is 29.3 Å². The molecule has 1 aromatic heterocycles. The van der Waals surface area contributed by atoms with E-state index in [1.807, 2.05) is 12.1 Å². The van der Waals surface area contributed by atoms with Crippen LogP contribution in [0.25, 0.3) is 0 Å². The van der Waals surface area contributed by atoms with Crippen molar-refractivity contribution in [3.63, 3.8) is 0 Å². The maximum absolute atomic E-state index is 10.7.